The van der Waals surface area contributed by atoms with Crippen LogP contribution in [-0.2, 0) is 10.0 Å². The number of rotatable bonds is 4. The van der Waals surface area contributed by atoms with Crippen molar-refractivity contribution in [1.82, 2.24) is 5.32 Å². The number of carbonyl (C=O) groups is 1. The van der Waals surface area contributed by atoms with Crippen LogP contribution in [0, 0.1) is 13.8 Å². The molecule has 0 radical (unpaired) electrons. The standard InChI is InChI=1S/C17H19N3O3S/c1-12-6-7-16(13(2)10-12)24(22,23)19-14-4-3-5-15(11-14)20-9-8-18-17(20)21/h3-7,10-11,19H,8-9H2,1-2H3,(H,18,21). The van der Waals surface area contributed by atoms with Gasteiger partial charge in [0.2, 0.25) is 0 Å². The minimum atomic E-state index is -3.68. The summed E-state index contributed by atoms with van der Waals surface area (Å²) in [7, 11) is -3.68. The molecule has 0 unspecified atom stereocenters. The molecule has 0 aliphatic carbocycles. The van der Waals surface area contributed by atoms with Gasteiger partial charge in [-0.3, -0.25) is 9.62 Å². The summed E-state index contributed by atoms with van der Waals surface area (Å²) in [4.78, 5) is 13.6. The van der Waals surface area contributed by atoms with Crippen LogP contribution in [0.4, 0.5) is 16.2 Å². The molecule has 1 aliphatic rings. The predicted octanol–water partition coefficient (Wildman–Crippen LogP) is 2.63. The van der Waals surface area contributed by atoms with E-state index in [9.17, 15) is 13.2 Å². The lowest BCUT2D eigenvalue weighted by molar-refractivity contribution is 0.252. The first-order valence-corrected chi connectivity index (χ1v) is 9.11. The molecule has 24 heavy (non-hydrogen) atoms. The number of aryl methyl sites for hydroxylation is 2. The van der Waals surface area contributed by atoms with E-state index in [0.29, 0.717) is 30.0 Å². The molecule has 1 saturated heterocycles. The van der Waals surface area contributed by atoms with E-state index >= 15 is 0 Å². The first-order valence-electron chi connectivity index (χ1n) is 7.62. The van der Waals surface area contributed by atoms with E-state index in [4.69, 9.17) is 0 Å². The largest absolute Gasteiger partial charge is 0.336 e. The monoisotopic (exact) mass is 345 g/mol. The molecule has 7 heteroatoms. The highest BCUT2D eigenvalue weighted by molar-refractivity contribution is 7.92. The molecule has 0 aromatic heterocycles. The summed E-state index contributed by atoms with van der Waals surface area (Å²) in [6, 6.07) is 11.9. The van der Waals surface area contributed by atoms with E-state index in [0.717, 1.165) is 5.56 Å². The number of hydrogen-bond acceptors (Lipinski definition) is 3. The molecular weight excluding hydrogens is 326 g/mol. The second-order valence-corrected chi connectivity index (χ2v) is 7.46. The number of benzene rings is 2. The Hall–Kier alpha value is -2.54. The van der Waals surface area contributed by atoms with E-state index in [1.54, 1.807) is 48.2 Å². The molecule has 1 fully saturated rings. The predicted molar refractivity (Wildman–Crippen MR) is 93.9 cm³/mol. The summed E-state index contributed by atoms with van der Waals surface area (Å²) < 4.78 is 27.8. The number of hydrogen-bond donors (Lipinski definition) is 2. The van der Waals surface area contributed by atoms with Crippen LogP contribution in [-0.4, -0.2) is 27.5 Å². The van der Waals surface area contributed by atoms with Crippen LogP contribution in [0.2, 0.25) is 0 Å². The molecule has 2 aromatic rings. The number of anilines is 2. The zero-order chi connectivity index (χ0) is 17.3. The van der Waals surface area contributed by atoms with Crippen LogP contribution in [0.25, 0.3) is 0 Å². The molecule has 126 valence electrons. The maximum Gasteiger partial charge on any atom is 0.321 e. The number of carbonyl (C=O) groups excluding carboxylic acids is 1. The van der Waals surface area contributed by atoms with E-state index in [1.807, 2.05) is 13.0 Å². The fourth-order valence-corrected chi connectivity index (χ4v) is 4.04. The highest BCUT2D eigenvalue weighted by atomic mass is 32.2. The van der Waals surface area contributed by atoms with Crippen LogP contribution >= 0.6 is 0 Å². The van der Waals surface area contributed by atoms with Crippen LogP contribution in [0.3, 0.4) is 0 Å². The Labute approximate surface area is 141 Å². The summed E-state index contributed by atoms with van der Waals surface area (Å²) in [5, 5.41) is 2.72. The maximum atomic E-state index is 12.6. The van der Waals surface area contributed by atoms with Gasteiger partial charge in [0.05, 0.1) is 10.6 Å². The van der Waals surface area contributed by atoms with Gasteiger partial charge in [0.15, 0.2) is 0 Å². The Bertz CT molecular complexity index is 894. The lowest BCUT2D eigenvalue weighted by Crippen LogP contribution is -2.27. The Morgan fingerprint density at radius 2 is 1.92 bits per heavy atom. The van der Waals surface area contributed by atoms with Crippen LogP contribution in [0.1, 0.15) is 11.1 Å². The van der Waals surface area contributed by atoms with Gasteiger partial charge in [0.25, 0.3) is 10.0 Å². The third-order valence-electron chi connectivity index (χ3n) is 3.89. The fourth-order valence-electron chi connectivity index (χ4n) is 2.77. The van der Waals surface area contributed by atoms with Crippen LogP contribution in [0.15, 0.2) is 47.4 Å². The highest BCUT2D eigenvalue weighted by Gasteiger charge is 2.22. The Morgan fingerprint density at radius 1 is 1.12 bits per heavy atom. The van der Waals surface area contributed by atoms with Crippen LogP contribution < -0.4 is 14.9 Å². The first kappa shape index (κ1) is 16.3. The average molecular weight is 345 g/mol. The van der Waals surface area contributed by atoms with Crippen molar-refractivity contribution in [2.24, 2.45) is 0 Å². The SMILES string of the molecule is Cc1ccc(S(=O)(=O)Nc2cccc(N3CCNC3=O)c2)c(C)c1. The van der Waals surface area contributed by atoms with Gasteiger partial charge in [-0.25, -0.2) is 13.2 Å². The second kappa shape index (κ2) is 6.16. The summed E-state index contributed by atoms with van der Waals surface area (Å²) in [5.74, 6) is 0. The van der Waals surface area contributed by atoms with Gasteiger partial charge < -0.3 is 5.32 Å². The Kier molecular flexibility index (Phi) is 4.19. The molecule has 3 rings (SSSR count). The number of nitrogens with one attached hydrogen (secondary N) is 2. The van der Waals surface area contributed by atoms with Crippen molar-refractivity contribution in [2.45, 2.75) is 18.7 Å². The molecule has 0 spiro atoms. The van der Waals surface area contributed by atoms with E-state index in [1.165, 1.54) is 0 Å². The minimum Gasteiger partial charge on any atom is -0.336 e. The quantitative estimate of drug-likeness (QED) is 0.894. The van der Waals surface area contributed by atoms with Crippen molar-refractivity contribution >= 4 is 27.4 Å². The molecule has 2 amide bonds. The van der Waals surface area contributed by atoms with Gasteiger partial charge in [-0.15, -0.1) is 0 Å². The topological polar surface area (TPSA) is 78.5 Å². The minimum absolute atomic E-state index is 0.176. The van der Waals surface area contributed by atoms with Crippen molar-refractivity contribution < 1.29 is 13.2 Å². The Morgan fingerprint density at radius 3 is 2.58 bits per heavy atom. The summed E-state index contributed by atoms with van der Waals surface area (Å²) in [6.07, 6.45) is 0. The van der Waals surface area contributed by atoms with Crippen molar-refractivity contribution in [3.8, 4) is 0 Å². The van der Waals surface area contributed by atoms with Crippen LogP contribution in [0.5, 0.6) is 0 Å². The van der Waals surface area contributed by atoms with Crippen molar-refractivity contribution in [3.63, 3.8) is 0 Å². The molecule has 1 aliphatic heterocycles. The molecule has 2 aromatic carbocycles. The van der Waals surface area contributed by atoms with E-state index in [2.05, 4.69) is 10.0 Å². The lowest BCUT2D eigenvalue weighted by Gasteiger charge is -2.16. The first-order chi connectivity index (χ1) is 11.4. The summed E-state index contributed by atoms with van der Waals surface area (Å²) in [6.45, 7) is 4.83. The summed E-state index contributed by atoms with van der Waals surface area (Å²) >= 11 is 0. The molecule has 6 nitrogen and oxygen atoms in total. The second-order valence-electron chi connectivity index (χ2n) is 5.81. The molecular formula is C17H19N3O3S. The molecule has 0 saturated carbocycles. The van der Waals surface area contributed by atoms with E-state index in [-0.39, 0.29) is 10.9 Å². The summed E-state index contributed by atoms with van der Waals surface area (Å²) in [5.41, 5.74) is 2.78. The smallest absolute Gasteiger partial charge is 0.321 e. The van der Waals surface area contributed by atoms with Gasteiger partial charge in [-0.05, 0) is 43.7 Å². The molecule has 0 bridgehead atoms. The fraction of sp³-hybridized carbons (Fsp3) is 0.235. The third kappa shape index (κ3) is 3.21. The third-order valence-corrected chi connectivity index (χ3v) is 5.43. The zero-order valence-corrected chi connectivity index (χ0v) is 14.4. The zero-order valence-electron chi connectivity index (χ0n) is 13.5. The van der Waals surface area contributed by atoms with Crippen molar-refractivity contribution in [3.05, 3.63) is 53.6 Å². The van der Waals surface area contributed by atoms with E-state index < -0.39 is 10.0 Å². The average Bonchev–Trinajstić information content (AvgIpc) is 2.92. The van der Waals surface area contributed by atoms with Crippen molar-refractivity contribution in [1.29, 1.82) is 0 Å². The molecule has 1 heterocycles. The molecule has 0 atom stereocenters. The van der Waals surface area contributed by atoms with Gasteiger partial charge in [0, 0.05) is 18.8 Å². The van der Waals surface area contributed by atoms with Gasteiger partial charge in [-0.1, -0.05) is 23.8 Å². The highest BCUT2D eigenvalue weighted by Crippen LogP contribution is 2.24. The number of amides is 2. The van der Waals surface area contributed by atoms with Gasteiger partial charge >= 0.3 is 6.03 Å². The normalized spacial score (nSPS) is 14.6. The number of sulfonamides is 1. The van der Waals surface area contributed by atoms with Gasteiger partial charge in [0.1, 0.15) is 0 Å². The van der Waals surface area contributed by atoms with Gasteiger partial charge in [-0.2, -0.15) is 0 Å². The number of nitrogens with zero attached hydrogens (tertiary/aromatic N) is 1. The molecule has 2 N–H and O–H groups in total. The maximum absolute atomic E-state index is 12.6. The van der Waals surface area contributed by atoms with Crippen molar-refractivity contribution in [2.75, 3.05) is 22.7 Å². The Balaban J connectivity index is 1.89. The number of urea groups is 1. The lowest BCUT2D eigenvalue weighted by atomic mass is 10.2.